The third-order valence-corrected chi connectivity index (χ3v) is 3.00. The number of rotatable bonds is 5. The average Bonchev–Trinajstić information content (AvgIpc) is 3.02. The van der Waals surface area contributed by atoms with Gasteiger partial charge >= 0.3 is 0 Å². The molecule has 110 valence electrons. The number of amides is 1. The van der Waals surface area contributed by atoms with Crippen LogP contribution in [0.25, 0.3) is 0 Å². The van der Waals surface area contributed by atoms with Crippen LogP contribution in [-0.2, 0) is 6.42 Å². The van der Waals surface area contributed by atoms with Crippen LogP contribution in [-0.4, -0.2) is 37.4 Å². The molecule has 21 heavy (non-hydrogen) atoms. The molecule has 0 aliphatic rings. The van der Waals surface area contributed by atoms with Crippen LogP contribution in [0.1, 0.15) is 46.8 Å². The highest BCUT2D eigenvalue weighted by Gasteiger charge is 2.18. The van der Waals surface area contributed by atoms with Gasteiger partial charge in [0, 0.05) is 6.42 Å². The van der Waals surface area contributed by atoms with E-state index in [1.807, 2.05) is 6.92 Å². The number of tetrazole rings is 1. The topological polar surface area (TPSA) is 121 Å². The second-order valence-electron chi connectivity index (χ2n) is 4.36. The van der Waals surface area contributed by atoms with Crippen LogP contribution in [0.15, 0.2) is 12.1 Å². The van der Waals surface area contributed by atoms with Crippen molar-refractivity contribution < 1.29 is 14.7 Å². The van der Waals surface area contributed by atoms with Gasteiger partial charge in [0.15, 0.2) is 5.78 Å². The Balaban J connectivity index is 2.38. The molecule has 0 aliphatic carbocycles. The summed E-state index contributed by atoms with van der Waals surface area (Å²) in [6.07, 6.45) is 0.925. The molecular weight excluding hydrogens is 274 g/mol. The number of hydrogen-bond acceptors (Lipinski definition) is 6. The predicted octanol–water partition coefficient (Wildman–Crippen LogP) is 1.31. The number of nitrogens with one attached hydrogen (secondary N) is 2. The van der Waals surface area contributed by atoms with Gasteiger partial charge in [0.2, 0.25) is 0 Å². The lowest BCUT2D eigenvalue weighted by atomic mass is 10.0. The third kappa shape index (κ3) is 3.04. The third-order valence-electron chi connectivity index (χ3n) is 3.00. The molecule has 2 aromatic rings. The minimum absolute atomic E-state index is 0.153. The lowest BCUT2D eigenvalue weighted by Gasteiger charge is -2.11. The zero-order valence-electron chi connectivity index (χ0n) is 11.7. The Morgan fingerprint density at radius 2 is 2.10 bits per heavy atom. The number of phenolic OH excluding ortho intramolecular Hbond substituents is 1. The second-order valence-corrected chi connectivity index (χ2v) is 4.36. The number of carbonyl (C=O) groups is 2. The van der Waals surface area contributed by atoms with E-state index in [4.69, 9.17) is 0 Å². The fourth-order valence-corrected chi connectivity index (χ4v) is 1.83. The molecule has 0 saturated heterocycles. The number of H-pyrrole nitrogens is 1. The Labute approximate surface area is 120 Å². The van der Waals surface area contributed by atoms with Crippen molar-refractivity contribution in [2.75, 3.05) is 5.32 Å². The standard InChI is InChI=1S/C13H15N5O3/c1-3-7-5-8(10(19)4-2)11(20)9(6-7)14-13(21)12-15-17-18-16-12/h5-6,20H,3-4H2,1-2H3,(H,14,21)(H,15,16,17,18). The molecule has 1 heterocycles. The first-order chi connectivity index (χ1) is 10.1. The Kier molecular flexibility index (Phi) is 4.27. The van der Waals surface area contributed by atoms with Crippen LogP contribution in [0.3, 0.4) is 0 Å². The van der Waals surface area contributed by atoms with Crippen LogP contribution >= 0.6 is 0 Å². The highest BCUT2D eigenvalue weighted by molar-refractivity contribution is 6.05. The first-order valence-electron chi connectivity index (χ1n) is 6.50. The van der Waals surface area contributed by atoms with E-state index in [-0.39, 0.29) is 35.0 Å². The molecule has 1 amide bonds. The maximum Gasteiger partial charge on any atom is 0.297 e. The van der Waals surface area contributed by atoms with E-state index in [1.54, 1.807) is 19.1 Å². The van der Waals surface area contributed by atoms with E-state index in [1.165, 1.54) is 0 Å². The largest absolute Gasteiger partial charge is 0.505 e. The fourth-order valence-electron chi connectivity index (χ4n) is 1.83. The van der Waals surface area contributed by atoms with Crippen molar-refractivity contribution in [3.63, 3.8) is 0 Å². The number of aryl methyl sites for hydroxylation is 1. The van der Waals surface area contributed by atoms with Gasteiger partial charge in [-0.2, -0.15) is 5.21 Å². The summed E-state index contributed by atoms with van der Waals surface area (Å²) >= 11 is 0. The number of aromatic amines is 1. The molecule has 1 aromatic carbocycles. The van der Waals surface area contributed by atoms with E-state index >= 15 is 0 Å². The van der Waals surface area contributed by atoms with E-state index in [9.17, 15) is 14.7 Å². The fraction of sp³-hybridized carbons (Fsp3) is 0.308. The van der Waals surface area contributed by atoms with Gasteiger partial charge < -0.3 is 10.4 Å². The van der Waals surface area contributed by atoms with Crippen LogP contribution in [0, 0.1) is 0 Å². The van der Waals surface area contributed by atoms with E-state index in [2.05, 4.69) is 25.9 Å². The van der Waals surface area contributed by atoms with Crippen LogP contribution < -0.4 is 5.32 Å². The predicted molar refractivity (Wildman–Crippen MR) is 74.2 cm³/mol. The summed E-state index contributed by atoms with van der Waals surface area (Å²) in [5.74, 6) is -1.23. The van der Waals surface area contributed by atoms with E-state index < -0.39 is 5.91 Å². The van der Waals surface area contributed by atoms with Crippen molar-refractivity contribution in [3.05, 3.63) is 29.1 Å². The maximum absolute atomic E-state index is 11.9. The molecule has 0 fully saturated rings. The van der Waals surface area contributed by atoms with Gasteiger partial charge in [0.25, 0.3) is 11.7 Å². The monoisotopic (exact) mass is 289 g/mol. The number of anilines is 1. The number of benzene rings is 1. The molecule has 2 rings (SSSR count). The molecule has 0 unspecified atom stereocenters. The van der Waals surface area contributed by atoms with Crippen molar-refractivity contribution in [2.45, 2.75) is 26.7 Å². The Morgan fingerprint density at radius 1 is 1.33 bits per heavy atom. The molecule has 0 bridgehead atoms. The average molecular weight is 289 g/mol. The number of ketones is 1. The Morgan fingerprint density at radius 3 is 2.67 bits per heavy atom. The van der Waals surface area contributed by atoms with Crippen molar-refractivity contribution >= 4 is 17.4 Å². The van der Waals surface area contributed by atoms with Crippen molar-refractivity contribution in [1.29, 1.82) is 0 Å². The van der Waals surface area contributed by atoms with Crippen molar-refractivity contribution in [3.8, 4) is 5.75 Å². The molecule has 0 radical (unpaired) electrons. The van der Waals surface area contributed by atoms with Gasteiger partial charge in [-0.3, -0.25) is 9.59 Å². The number of aromatic hydroxyl groups is 1. The molecule has 0 saturated carbocycles. The van der Waals surface area contributed by atoms with E-state index in [0.717, 1.165) is 5.56 Å². The normalized spacial score (nSPS) is 10.4. The zero-order chi connectivity index (χ0) is 15.4. The van der Waals surface area contributed by atoms with Gasteiger partial charge in [0.1, 0.15) is 5.75 Å². The highest BCUT2D eigenvalue weighted by Crippen LogP contribution is 2.31. The first-order valence-corrected chi connectivity index (χ1v) is 6.50. The Bertz CT molecular complexity index is 667. The smallest absolute Gasteiger partial charge is 0.297 e. The number of hydrogen-bond donors (Lipinski definition) is 3. The number of carbonyl (C=O) groups excluding carboxylic acids is 2. The molecular formula is C13H15N5O3. The quantitative estimate of drug-likeness (QED) is 0.563. The van der Waals surface area contributed by atoms with Gasteiger partial charge in [-0.05, 0) is 29.3 Å². The Hall–Kier alpha value is -2.77. The van der Waals surface area contributed by atoms with Gasteiger partial charge in [-0.15, -0.1) is 10.2 Å². The summed E-state index contributed by atoms with van der Waals surface area (Å²) in [6.45, 7) is 3.62. The summed E-state index contributed by atoms with van der Waals surface area (Å²) in [7, 11) is 0. The summed E-state index contributed by atoms with van der Waals surface area (Å²) in [4.78, 5) is 23.7. The number of nitrogens with zero attached hydrogens (tertiary/aromatic N) is 3. The lowest BCUT2D eigenvalue weighted by molar-refractivity contribution is 0.0981. The molecule has 0 aliphatic heterocycles. The molecule has 3 N–H and O–H groups in total. The van der Waals surface area contributed by atoms with E-state index in [0.29, 0.717) is 6.42 Å². The number of aromatic nitrogens is 4. The molecule has 1 aromatic heterocycles. The van der Waals surface area contributed by atoms with Crippen molar-refractivity contribution in [2.24, 2.45) is 0 Å². The molecule has 0 atom stereocenters. The number of Topliss-reactive ketones (excluding diaryl/α,β-unsaturated/α-hetero) is 1. The molecule has 8 nitrogen and oxygen atoms in total. The van der Waals surface area contributed by atoms with Gasteiger partial charge in [-0.25, -0.2) is 0 Å². The summed E-state index contributed by atoms with van der Waals surface area (Å²) < 4.78 is 0. The summed E-state index contributed by atoms with van der Waals surface area (Å²) in [6, 6.07) is 3.24. The minimum atomic E-state index is -0.623. The number of phenols is 1. The van der Waals surface area contributed by atoms with Crippen molar-refractivity contribution in [1.82, 2.24) is 20.6 Å². The zero-order valence-corrected chi connectivity index (χ0v) is 11.7. The summed E-state index contributed by atoms with van der Waals surface area (Å²) in [5.41, 5.74) is 1.18. The lowest BCUT2D eigenvalue weighted by Crippen LogP contribution is -2.15. The van der Waals surface area contributed by atoms with Gasteiger partial charge in [0.05, 0.1) is 11.3 Å². The second kappa shape index (κ2) is 6.12. The van der Waals surface area contributed by atoms with Gasteiger partial charge in [-0.1, -0.05) is 13.8 Å². The highest BCUT2D eigenvalue weighted by atomic mass is 16.3. The molecule has 8 heteroatoms. The van der Waals surface area contributed by atoms with Crippen LogP contribution in [0.4, 0.5) is 5.69 Å². The molecule has 0 spiro atoms. The van der Waals surface area contributed by atoms with Crippen LogP contribution in [0.5, 0.6) is 5.75 Å². The maximum atomic E-state index is 11.9. The SMILES string of the molecule is CCC(=O)c1cc(CC)cc(NC(=O)c2nn[nH]n2)c1O. The minimum Gasteiger partial charge on any atom is -0.505 e. The summed E-state index contributed by atoms with van der Waals surface area (Å²) in [5, 5.41) is 25.2. The first kappa shape index (κ1) is 14.6. The van der Waals surface area contributed by atoms with Crippen LogP contribution in [0.2, 0.25) is 0 Å².